The van der Waals surface area contributed by atoms with E-state index in [0.29, 0.717) is 12.1 Å². The van der Waals surface area contributed by atoms with Crippen molar-refractivity contribution < 1.29 is 0 Å². The van der Waals surface area contributed by atoms with Crippen LogP contribution >= 0.6 is 11.8 Å². The Balaban J connectivity index is 1.97. The number of H-pyrrole nitrogens is 1. The van der Waals surface area contributed by atoms with Crippen LogP contribution in [0.1, 0.15) is 11.1 Å². The van der Waals surface area contributed by atoms with Crippen LogP contribution in [0.4, 0.5) is 0 Å². The van der Waals surface area contributed by atoms with Crippen molar-refractivity contribution in [3.63, 3.8) is 0 Å². The molecule has 0 fully saturated rings. The number of hydrogen-bond donors (Lipinski definition) is 2. The molecule has 2 aromatic carbocycles. The summed E-state index contributed by atoms with van der Waals surface area (Å²) < 4.78 is 0. The molecule has 0 bridgehead atoms. The number of rotatable bonds is 4. The number of fused-ring (bicyclic) bond motifs is 1. The van der Waals surface area contributed by atoms with Gasteiger partial charge in [0.25, 0.3) is 0 Å². The molecule has 3 aromatic rings. The highest BCUT2D eigenvalue weighted by molar-refractivity contribution is 7.99. The molecule has 4 heteroatoms. The molecule has 0 amide bonds. The first-order chi connectivity index (χ1) is 10.3. The Morgan fingerprint density at radius 2 is 2.00 bits per heavy atom. The lowest BCUT2D eigenvalue weighted by Gasteiger charge is -2.07. The van der Waals surface area contributed by atoms with Crippen LogP contribution in [0.5, 0.6) is 0 Å². The number of aromatic amines is 1. The molecule has 3 N–H and O–H groups in total. The summed E-state index contributed by atoms with van der Waals surface area (Å²) >= 11 is 1.73. The van der Waals surface area contributed by atoms with Crippen LogP contribution in [0.2, 0.25) is 0 Å². The molecular formula is C17H15N3S. The first kappa shape index (κ1) is 13.7. The number of aromatic nitrogens is 1. The average Bonchev–Trinajstić information content (AvgIpc) is 2.91. The van der Waals surface area contributed by atoms with Crippen LogP contribution in [-0.2, 0) is 6.42 Å². The topological polar surface area (TPSA) is 65.6 Å². The zero-order valence-corrected chi connectivity index (χ0v) is 12.3. The van der Waals surface area contributed by atoms with Gasteiger partial charge in [-0.05, 0) is 36.7 Å². The van der Waals surface area contributed by atoms with Crippen LogP contribution in [0.25, 0.3) is 10.9 Å². The van der Waals surface area contributed by atoms with E-state index in [-0.39, 0.29) is 0 Å². The third kappa shape index (κ3) is 2.80. The van der Waals surface area contributed by atoms with Crippen LogP contribution in [-0.4, -0.2) is 11.5 Å². The second kappa shape index (κ2) is 6.04. The van der Waals surface area contributed by atoms with Gasteiger partial charge in [0.05, 0.1) is 11.6 Å². The minimum absolute atomic E-state index is 0.650. The number of nitrogens with zero attached hydrogens (tertiary/aromatic N) is 1. The van der Waals surface area contributed by atoms with E-state index < -0.39 is 0 Å². The van der Waals surface area contributed by atoms with Gasteiger partial charge in [0.1, 0.15) is 0 Å². The molecular weight excluding hydrogens is 278 g/mol. The van der Waals surface area contributed by atoms with Gasteiger partial charge in [-0.2, -0.15) is 5.26 Å². The van der Waals surface area contributed by atoms with E-state index in [1.54, 1.807) is 11.8 Å². The molecule has 3 nitrogen and oxygen atoms in total. The minimum Gasteiger partial charge on any atom is -0.360 e. The largest absolute Gasteiger partial charge is 0.360 e. The Morgan fingerprint density at radius 1 is 1.14 bits per heavy atom. The number of nitrogens with one attached hydrogen (secondary N) is 1. The van der Waals surface area contributed by atoms with Crippen molar-refractivity contribution in [2.24, 2.45) is 5.73 Å². The fourth-order valence-corrected chi connectivity index (χ4v) is 3.43. The van der Waals surface area contributed by atoms with Gasteiger partial charge in [0.2, 0.25) is 0 Å². The smallest absolute Gasteiger partial charge is 0.0992 e. The zero-order chi connectivity index (χ0) is 14.7. The van der Waals surface area contributed by atoms with Crippen molar-refractivity contribution in [3.8, 4) is 6.07 Å². The molecule has 0 unspecified atom stereocenters. The molecule has 0 atom stereocenters. The van der Waals surface area contributed by atoms with Crippen molar-refractivity contribution in [3.05, 3.63) is 59.8 Å². The van der Waals surface area contributed by atoms with Gasteiger partial charge in [0.15, 0.2) is 0 Å². The zero-order valence-electron chi connectivity index (χ0n) is 11.5. The number of benzene rings is 2. The average molecular weight is 293 g/mol. The Hall–Kier alpha value is -2.22. The Labute approximate surface area is 127 Å². The predicted molar refractivity (Wildman–Crippen MR) is 86.3 cm³/mol. The van der Waals surface area contributed by atoms with Gasteiger partial charge in [-0.15, -0.1) is 0 Å². The van der Waals surface area contributed by atoms with Crippen LogP contribution < -0.4 is 5.73 Å². The molecule has 0 aliphatic heterocycles. The standard InChI is InChI=1S/C17H15N3S/c18-8-7-13-3-1-2-4-16(13)21-17-11-20-15-9-12(10-19)5-6-14(15)17/h1-6,9,11,20H,7-8,18H2. The number of hydrogen-bond acceptors (Lipinski definition) is 3. The molecule has 104 valence electrons. The molecule has 0 aliphatic carbocycles. The van der Waals surface area contributed by atoms with E-state index in [9.17, 15) is 0 Å². The molecule has 1 heterocycles. The highest BCUT2D eigenvalue weighted by Gasteiger charge is 2.08. The van der Waals surface area contributed by atoms with E-state index in [2.05, 4.69) is 23.2 Å². The molecule has 3 rings (SSSR count). The van der Waals surface area contributed by atoms with Crippen LogP contribution in [0.15, 0.2) is 58.5 Å². The van der Waals surface area contributed by atoms with Gasteiger partial charge in [-0.1, -0.05) is 36.0 Å². The maximum Gasteiger partial charge on any atom is 0.0992 e. The van der Waals surface area contributed by atoms with E-state index in [4.69, 9.17) is 11.0 Å². The van der Waals surface area contributed by atoms with Gasteiger partial charge in [0, 0.05) is 26.9 Å². The molecule has 0 radical (unpaired) electrons. The maximum absolute atomic E-state index is 8.95. The summed E-state index contributed by atoms with van der Waals surface area (Å²) in [5, 5.41) is 10.1. The Morgan fingerprint density at radius 3 is 2.81 bits per heavy atom. The third-order valence-corrected chi connectivity index (χ3v) is 4.55. The number of nitriles is 1. The maximum atomic E-state index is 8.95. The predicted octanol–water partition coefficient (Wildman–Crippen LogP) is 3.69. The van der Waals surface area contributed by atoms with Crippen LogP contribution in [0.3, 0.4) is 0 Å². The van der Waals surface area contributed by atoms with E-state index in [0.717, 1.165) is 17.3 Å². The SMILES string of the molecule is N#Cc1ccc2c(Sc3ccccc3CCN)c[nH]c2c1. The summed E-state index contributed by atoms with van der Waals surface area (Å²) in [6.45, 7) is 0.650. The second-order valence-electron chi connectivity index (χ2n) is 4.77. The fourth-order valence-electron chi connectivity index (χ4n) is 2.34. The first-order valence-corrected chi connectivity index (χ1v) is 7.60. The first-order valence-electron chi connectivity index (χ1n) is 6.79. The van der Waals surface area contributed by atoms with Gasteiger partial charge in [-0.25, -0.2) is 0 Å². The van der Waals surface area contributed by atoms with Crippen molar-refractivity contribution in [2.75, 3.05) is 6.54 Å². The quantitative estimate of drug-likeness (QED) is 0.771. The molecule has 1 aromatic heterocycles. The number of nitrogens with two attached hydrogens (primary N) is 1. The summed E-state index contributed by atoms with van der Waals surface area (Å²) in [5.74, 6) is 0. The lowest BCUT2D eigenvalue weighted by Crippen LogP contribution is -2.03. The van der Waals surface area contributed by atoms with Crippen molar-refractivity contribution in [2.45, 2.75) is 16.2 Å². The summed E-state index contributed by atoms with van der Waals surface area (Å²) in [7, 11) is 0. The van der Waals surface area contributed by atoms with Crippen molar-refractivity contribution >= 4 is 22.7 Å². The molecule has 0 aliphatic rings. The summed E-state index contributed by atoms with van der Waals surface area (Å²) in [5.41, 5.74) is 8.61. The lowest BCUT2D eigenvalue weighted by molar-refractivity contribution is 0.944. The van der Waals surface area contributed by atoms with Crippen molar-refractivity contribution in [1.82, 2.24) is 4.98 Å². The fraction of sp³-hybridized carbons (Fsp3) is 0.118. The Kier molecular flexibility index (Phi) is 3.96. The highest BCUT2D eigenvalue weighted by Crippen LogP contribution is 2.35. The van der Waals surface area contributed by atoms with Gasteiger partial charge in [-0.3, -0.25) is 0 Å². The monoisotopic (exact) mass is 293 g/mol. The molecule has 0 spiro atoms. The van der Waals surface area contributed by atoms with E-state index in [1.165, 1.54) is 15.4 Å². The molecule has 0 saturated heterocycles. The summed E-state index contributed by atoms with van der Waals surface area (Å²) in [6, 6.07) is 16.2. The van der Waals surface area contributed by atoms with E-state index in [1.807, 2.05) is 36.5 Å². The summed E-state index contributed by atoms with van der Waals surface area (Å²) in [6.07, 6.45) is 2.87. The summed E-state index contributed by atoms with van der Waals surface area (Å²) in [4.78, 5) is 5.63. The molecule has 0 saturated carbocycles. The minimum atomic E-state index is 0.650. The Bertz CT molecular complexity index is 814. The lowest BCUT2D eigenvalue weighted by atomic mass is 10.1. The normalized spacial score (nSPS) is 10.7. The van der Waals surface area contributed by atoms with Gasteiger partial charge >= 0.3 is 0 Å². The van der Waals surface area contributed by atoms with Crippen LogP contribution in [0, 0.1) is 11.3 Å². The second-order valence-corrected chi connectivity index (χ2v) is 5.86. The third-order valence-electron chi connectivity index (χ3n) is 3.38. The highest BCUT2D eigenvalue weighted by atomic mass is 32.2. The van der Waals surface area contributed by atoms with Crippen molar-refractivity contribution in [1.29, 1.82) is 5.26 Å². The molecule has 21 heavy (non-hydrogen) atoms. The van der Waals surface area contributed by atoms with E-state index >= 15 is 0 Å². The van der Waals surface area contributed by atoms with Gasteiger partial charge < -0.3 is 10.7 Å².